The van der Waals surface area contributed by atoms with Gasteiger partial charge in [-0.2, -0.15) is 0 Å². The zero-order valence-electron chi connectivity index (χ0n) is 8.96. The van der Waals surface area contributed by atoms with Gasteiger partial charge in [-0.15, -0.1) is 0 Å². The first-order valence-electron chi connectivity index (χ1n) is 5.37. The third-order valence-corrected chi connectivity index (χ3v) is 2.76. The van der Waals surface area contributed by atoms with Crippen molar-refractivity contribution in [2.75, 3.05) is 11.9 Å². The molecule has 0 aliphatic carbocycles. The highest BCUT2D eigenvalue weighted by Gasteiger charge is 2.19. The minimum Gasteiger partial charge on any atom is -0.369 e. The summed E-state index contributed by atoms with van der Waals surface area (Å²) in [6, 6.07) is 2.33. The molecule has 2 heterocycles. The lowest BCUT2D eigenvalue weighted by molar-refractivity contribution is 0.511. The van der Waals surface area contributed by atoms with Crippen molar-refractivity contribution in [3.8, 4) is 0 Å². The van der Waals surface area contributed by atoms with Crippen LogP contribution in [0.2, 0.25) is 0 Å². The van der Waals surface area contributed by atoms with Gasteiger partial charge in [0.2, 0.25) is 0 Å². The quantitative estimate of drug-likeness (QED) is 0.770. The first-order chi connectivity index (χ1) is 6.68. The second-order valence-corrected chi connectivity index (χ2v) is 4.48. The van der Waals surface area contributed by atoms with Gasteiger partial charge in [-0.1, -0.05) is 13.8 Å². The van der Waals surface area contributed by atoms with Gasteiger partial charge in [-0.05, 0) is 18.4 Å². The molecule has 1 unspecified atom stereocenters. The summed E-state index contributed by atoms with van der Waals surface area (Å²) in [4.78, 5) is 0. The van der Waals surface area contributed by atoms with E-state index in [1.807, 2.05) is 0 Å². The Kier molecular flexibility index (Phi) is 2.50. The predicted octanol–water partition coefficient (Wildman–Crippen LogP) is 1.96. The second-order valence-electron chi connectivity index (χ2n) is 4.48. The Hall–Kier alpha value is -0.960. The van der Waals surface area contributed by atoms with Gasteiger partial charge in [0.25, 0.3) is 0 Å². The molecular formula is C11H19N3. The standard InChI is InChI=1S/C11H19N3/c1-8(2)7-10(12)9-3-5-14-6-4-13-11(9)14/h3,5,8,10,13H,4,6-7,12H2,1-2H3. The molecular weight excluding hydrogens is 174 g/mol. The molecule has 0 amide bonds. The van der Waals surface area contributed by atoms with Crippen LogP contribution < -0.4 is 11.1 Å². The molecule has 0 saturated carbocycles. The van der Waals surface area contributed by atoms with Crippen molar-refractivity contribution in [2.45, 2.75) is 32.9 Å². The summed E-state index contributed by atoms with van der Waals surface area (Å²) in [5, 5.41) is 3.39. The Morgan fingerprint density at radius 1 is 1.57 bits per heavy atom. The number of nitrogens with two attached hydrogens (primary N) is 1. The molecule has 0 fully saturated rings. The molecule has 2 rings (SSSR count). The lowest BCUT2D eigenvalue weighted by Gasteiger charge is -2.14. The van der Waals surface area contributed by atoms with Crippen LogP contribution in [0.3, 0.4) is 0 Å². The monoisotopic (exact) mass is 193 g/mol. The zero-order chi connectivity index (χ0) is 10.1. The van der Waals surface area contributed by atoms with Gasteiger partial charge in [0.1, 0.15) is 5.82 Å². The molecule has 0 spiro atoms. The molecule has 1 atom stereocenters. The fourth-order valence-electron chi connectivity index (χ4n) is 2.11. The van der Waals surface area contributed by atoms with Crippen LogP contribution in [-0.2, 0) is 6.54 Å². The molecule has 14 heavy (non-hydrogen) atoms. The van der Waals surface area contributed by atoms with Crippen LogP contribution >= 0.6 is 0 Å². The number of nitrogens with zero attached hydrogens (tertiary/aromatic N) is 1. The number of anilines is 1. The summed E-state index contributed by atoms with van der Waals surface area (Å²) in [5.41, 5.74) is 7.43. The minimum absolute atomic E-state index is 0.178. The number of hydrogen-bond donors (Lipinski definition) is 2. The van der Waals surface area contributed by atoms with Crippen LogP contribution in [0.1, 0.15) is 31.9 Å². The van der Waals surface area contributed by atoms with Gasteiger partial charge in [-0.25, -0.2) is 0 Å². The van der Waals surface area contributed by atoms with Gasteiger partial charge < -0.3 is 15.6 Å². The molecule has 3 N–H and O–H groups in total. The summed E-state index contributed by atoms with van der Waals surface area (Å²) in [6.45, 7) is 6.54. The average Bonchev–Trinajstić information content (AvgIpc) is 2.59. The highest BCUT2D eigenvalue weighted by atomic mass is 15.2. The van der Waals surface area contributed by atoms with Crippen LogP contribution in [-0.4, -0.2) is 11.1 Å². The van der Waals surface area contributed by atoms with E-state index in [-0.39, 0.29) is 6.04 Å². The zero-order valence-corrected chi connectivity index (χ0v) is 8.96. The Labute approximate surface area is 85.3 Å². The molecule has 3 nitrogen and oxygen atoms in total. The number of aromatic nitrogens is 1. The van der Waals surface area contributed by atoms with E-state index < -0.39 is 0 Å². The van der Waals surface area contributed by atoms with Crippen molar-refractivity contribution in [3.63, 3.8) is 0 Å². The van der Waals surface area contributed by atoms with Gasteiger partial charge >= 0.3 is 0 Å². The van der Waals surface area contributed by atoms with E-state index in [1.165, 1.54) is 11.4 Å². The van der Waals surface area contributed by atoms with Crippen molar-refractivity contribution in [1.82, 2.24) is 4.57 Å². The smallest absolute Gasteiger partial charge is 0.110 e. The van der Waals surface area contributed by atoms with E-state index in [0.29, 0.717) is 5.92 Å². The number of fused-ring (bicyclic) bond motifs is 1. The molecule has 0 radical (unpaired) electrons. The molecule has 1 aromatic rings. The van der Waals surface area contributed by atoms with Crippen molar-refractivity contribution in [3.05, 3.63) is 17.8 Å². The topological polar surface area (TPSA) is 43.0 Å². The van der Waals surface area contributed by atoms with Crippen molar-refractivity contribution >= 4 is 5.82 Å². The maximum atomic E-state index is 6.16. The van der Waals surface area contributed by atoms with Crippen LogP contribution in [0.4, 0.5) is 5.82 Å². The molecule has 0 bridgehead atoms. The third-order valence-electron chi connectivity index (χ3n) is 2.76. The normalized spacial score (nSPS) is 16.9. The van der Waals surface area contributed by atoms with Crippen LogP contribution in [0, 0.1) is 5.92 Å². The van der Waals surface area contributed by atoms with Crippen LogP contribution in [0.5, 0.6) is 0 Å². The molecule has 0 saturated heterocycles. The Morgan fingerprint density at radius 3 is 3.07 bits per heavy atom. The fraction of sp³-hybridized carbons (Fsp3) is 0.636. The van der Waals surface area contributed by atoms with E-state index in [2.05, 4.69) is 36.0 Å². The Morgan fingerprint density at radius 2 is 2.36 bits per heavy atom. The maximum absolute atomic E-state index is 6.16. The number of rotatable bonds is 3. The van der Waals surface area contributed by atoms with E-state index >= 15 is 0 Å². The number of hydrogen-bond acceptors (Lipinski definition) is 2. The summed E-state index contributed by atoms with van der Waals surface area (Å²) >= 11 is 0. The van der Waals surface area contributed by atoms with E-state index in [0.717, 1.165) is 19.5 Å². The van der Waals surface area contributed by atoms with Gasteiger partial charge in [0.15, 0.2) is 0 Å². The average molecular weight is 193 g/mol. The molecule has 1 aromatic heterocycles. The van der Waals surface area contributed by atoms with Gasteiger partial charge in [-0.3, -0.25) is 0 Å². The van der Waals surface area contributed by atoms with Crippen molar-refractivity contribution in [1.29, 1.82) is 0 Å². The third kappa shape index (κ3) is 1.64. The lowest BCUT2D eigenvalue weighted by atomic mass is 9.99. The van der Waals surface area contributed by atoms with Crippen molar-refractivity contribution in [2.24, 2.45) is 11.7 Å². The second kappa shape index (κ2) is 3.65. The number of nitrogens with one attached hydrogen (secondary N) is 1. The summed E-state index contributed by atoms with van der Waals surface area (Å²) in [7, 11) is 0. The highest BCUT2D eigenvalue weighted by Crippen LogP contribution is 2.29. The summed E-state index contributed by atoms with van der Waals surface area (Å²) in [5.74, 6) is 1.89. The van der Waals surface area contributed by atoms with E-state index in [9.17, 15) is 0 Å². The van der Waals surface area contributed by atoms with Crippen molar-refractivity contribution < 1.29 is 0 Å². The van der Waals surface area contributed by atoms with Crippen LogP contribution in [0.15, 0.2) is 12.3 Å². The predicted molar refractivity (Wildman–Crippen MR) is 59.3 cm³/mol. The van der Waals surface area contributed by atoms with Gasteiger partial charge in [0, 0.05) is 30.9 Å². The van der Waals surface area contributed by atoms with Gasteiger partial charge in [0.05, 0.1) is 0 Å². The largest absolute Gasteiger partial charge is 0.369 e. The minimum atomic E-state index is 0.178. The first-order valence-corrected chi connectivity index (χ1v) is 5.37. The molecule has 78 valence electrons. The van der Waals surface area contributed by atoms with Crippen LogP contribution in [0.25, 0.3) is 0 Å². The van der Waals surface area contributed by atoms with E-state index in [1.54, 1.807) is 0 Å². The highest BCUT2D eigenvalue weighted by molar-refractivity contribution is 5.50. The Balaban J connectivity index is 2.16. The molecule has 3 heteroatoms. The Bertz CT molecular complexity index is 314. The summed E-state index contributed by atoms with van der Waals surface area (Å²) < 4.78 is 2.25. The molecule has 0 aromatic carbocycles. The lowest BCUT2D eigenvalue weighted by Crippen LogP contribution is -2.13. The maximum Gasteiger partial charge on any atom is 0.110 e. The molecule has 1 aliphatic heterocycles. The fourth-order valence-corrected chi connectivity index (χ4v) is 2.11. The summed E-state index contributed by atoms with van der Waals surface area (Å²) in [6.07, 6.45) is 3.18. The van der Waals surface area contributed by atoms with E-state index in [4.69, 9.17) is 5.73 Å². The first kappa shape index (κ1) is 9.59. The SMILES string of the molecule is CC(C)CC(N)c1ccn2c1NCC2. The molecule has 1 aliphatic rings.